The van der Waals surface area contributed by atoms with Gasteiger partial charge in [0, 0.05) is 36.7 Å². The maximum absolute atomic E-state index is 14.0. The van der Waals surface area contributed by atoms with E-state index in [1.807, 2.05) is 25.1 Å². The van der Waals surface area contributed by atoms with E-state index >= 15 is 0 Å². The molecule has 7 heteroatoms. The van der Waals surface area contributed by atoms with Crippen LogP contribution in [-0.4, -0.2) is 41.5 Å². The van der Waals surface area contributed by atoms with Crippen LogP contribution in [0.15, 0.2) is 46.9 Å². The molecule has 2 aromatic rings. The van der Waals surface area contributed by atoms with Crippen molar-refractivity contribution in [2.24, 2.45) is 0 Å². The van der Waals surface area contributed by atoms with Crippen LogP contribution >= 0.6 is 27.5 Å². The maximum Gasteiger partial charge on any atom is 0.322 e. The zero-order valence-electron chi connectivity index (χ0n) is 14.4. The van der Waals surface area contributed by atoms with Crippen LogP contribution in [-0.2, 0) is 6.54 Å². The van der Waals surface area contributed by atoms with Crippen molar-refractivity contribution in [3.05, 3.63) is 63.3 Å². The largest absolute Gasteiger partial charge is 0.322 e. The second-order valence-corrected chi connectivity index (χ2v) is 7.70. The number of amides is 2. The molecule has 0 aliphatic carbocycles. The van der Waals surface area contributed by atoms with E-state index in [2.05, 4.69) is 38.3 Å². The lowest BCUT2D eigenvalue weighted by molar-refractivity contribution is 0.104. The smallest absolute Gasteiger partial charge is 0.319 e. The highest BCUT2D eigenvalue weighted by molar-refractivity contribution is 9.10. The first-order chi connectivity index (χ1) is 12.4. The number of hydrogen-bond donors (Lipinski definition) is 1. The van der Waals surface area contributed by atoms with Gasteiger partial charge >= 0.3 is 6.03 Å². The number of carbonyl (C=O) groups excluding carboxylic acids is 1. The van der Waals surface area contributed by atoms with Crippen LogP contribution in [0.2, 0.25) is 5.02 Å². The molecule has 0 saturated carbocycles. The van der Waals surface area contributed by atoms with E-state index in [-0.39, 0.29) is 17.8 Å². The van der Waals surface area contributed by atoms with Crippen LogP contribution in [0.25, 0.3) is 0 Å². The summed E-state index contributed by atoms with van der Waals surface area (Å²) in [6.45, 7) is 4.99. The topological polar surface area (TPSA) is 35.6 Å². The van der Waals surface area contributed by atoms with Crippen molar-refractivity contribution in [1.82, 2.24) is 9.80 Å². The predicted molar refractivity (Wildman–Crippen MR) is 106 cm³/mol. The average molecular weight is 441 g/mol. The van der Waals surface area contributed by atoms with Gasteiger partial charge in [0.15, 0.2) is 0 Å². The molecule has 1 N–H and O–H groups in total. The molecule has 0 bridgehead atoms. The fourth-order valence-electron chi connectivity index (χ4n) is 3.13. The Hall–Kier alpha value is -1.63. The van der Waals surface area contributed by atoms with Gasteiger partial charge in [-0.3, -0.25) is 4.90 Å². The van der Waals surface area contributed by atoms with Crippen molar-refractivity contribution in [3.63, 3.8) is 0 Å². The summed E-state index contributed by atoms with van der Waals surface area (Å²) in [4.78, 5) is 16.6. The summed E-state index contributed by atoms with van der Waals surface area (Å²) in [7, 11) is 0. The lowest BCUT2D eigenvalue weighted by Gasteiger charge is -2.39. The van der Waals surface area contributed by atoms with Gasteiger partial charge < -0.3 is 10.2 Å². The van der Waals surface area contributed by atoms with Gasteiger partial charge in [0.25, 0.3) is 0 Å². The normalized spacial score (nSPS) is 18.0. The first-order valence-electron chi connectivity index (χ1n) is 8.42. The van der Waals surface area contributed by atoms with Crippen molar-refractivity contribution in [2.75, 3.05) is 25.0 Å². The second-order valence-electron chi connectivity index (χ2n) is 6.44. The molecule has 1 atom stereocenters. The van der Waals surface area contributed by atoms with Gasteiger partial charge in [-0.25, -0.2) is 9.18 Å². The summed E-state index contributed by atoms with van der Waals surface area (Å²) >= 11 is 9.16. The third-order valence-electron chi connectivity index (χ3n) is 4.47. The standard InChI is InChI=1S/C19H20BrClFN3O/c1-13-11-24(12-14-5-3-2-4-6-14)7-8-25(13)19(26)23-18-10-16(21)15(20)9-17(18)22/h2-6,9-10,13H,7-8,11-12H2,1H3,(H,23,26)/t13-/m1/s1. The predicted octanol–water partition coefficient (Wildman–Crippen LogP) is 4.98. The fraction of sp³-hybridized carbons (Fsp3) is 0.316. The van der Waals surface area contributed by atoms with E-state index in [0.29, 0.717) is 16.0 Å². The molecule has 1 aliphatic heterocycles. The van der Waals surface area contributed by atoms with Crippen LogP contribution in [0.5, 0.6) is 0 Å². The van der Waals surface area contributed by atoms with Crippen LogP contribution in [0.1, 0.15) is 12.5 Å². The maximum atomic E-state index is 14.0. The molecule has 1 heterocycles. The van der Waals surface area contributed by atoms with Gasteiger partial charge in [0.05, 0.1) is 10.7 Å². The lowest BCUT2D eigenvalue weighted by atomic mass is 10.1. The van der Waals surface area contributed by atoms with E-state index in [0.717, 1.165) is 19.6 Å². The highest BCUT2D eigenvalue weighted by atomic mass is 79.9. The number of urea groups is 1. The Labute approximate surface area is 166 Å². The number of hydrogen-bond acceptors (Lipinski definition) is 2. The quantitative estimate of drug-likeness (QED) is 0.683. The van der Waals surface area contributed by atoms with E-state index in [4.69, 9.17) is 11.6 Å². The molecule has 0 spiro atoms. The Morgan fingerprint density at radius 3 is 2.73 bits per heavy atom. The number of carbonyl (C=O) groups is 1. The van der Waals surface area contributed by atoms with Gasteiger partial charge in [-0.05, 0) is 40.5 Å². The Bertz CT molecular complexity index is 790. The summed E-state index contributed by atoms with van der Waals surface area (Å²) in [5, 5.41) is 2.98. The molecule has 1 aliphatic rings. The number of rotatable bonds is 3. The average Bonchev–Trinajstić information content (AvgIpc) is 2.60. The Morgan fingerprint density at radius 1 is 1.31 bits per heavy atom. The highest BCUT2D eigenvalue weighted by Gasteiger charge is 2.28. The van der Waals surface area contributed by atoms with Crippen molar-refractivity contribution >= 4 is 39.2 Å². The van der Waals surface area contributed by atoms with Crippen LogP contribution < -0.4 is 5.32 Å². The molecular weight excluding hydrogens is 421 g/mol. The van der Waals surface area contributed by atoms with Gasteiger partial charge in [0.2, 0.25) is 0 Å². The molecule has 138 valence electrons. The van der Waals surface area contributed by atoms with Crippen LogP contribution in [0.4, 0.5) is 14.9 Å². The third kappa shape index (κ3) is 4.55. The minimum atomic E-state index is -0.523. The summed E-state index contributed by atoms with van der Waals surface area (Å²) in [5.74, 6) is -0.523. The monoisotopic (exact) mass is 439 g/mol. The van der Waals surface area contributed by atoms with Crippen molar-refractivity contribution in [2.45, 2.75) is 19.5 Å². The molecule has 1 fully saturated rings. The van der Waals surface area contributed by atoms with Gasteiger partial charge in [-0.15, -0.1) is 0 Å². The van der Waals surface area contributed by atoms with Crippen LogP contribution in [0.3, 0.4) is 0 Å². The Morgan fingerprint density at radius 2 is 2.04 bits per heavy atom. The molecule has 0 aromatic heterocycles. The first-order valence-corrected chi connectivity index (χ1v) is 9.59. The minimum Gasteiger partial charge on any atom is -0.319 e. The van der Waals surface area contributed by atoms with E-state index in [1.165, 1.54) is 17.7 Å². The Kier molecular flexibility index (Phi) is 6.16. The zero-order valence-corrected chi connectivity index (χ0v) is 16.7. The molecule has 0 unspecified atom stereocenters. The molecular formula is C19H20BrClFN3O. The van der Waals surface area contributed by atoms with Gasteiger partial charge in [-0.1, -0.05) is 41.9 Å². The minimum absolute atomic E-state index is 0.0291. The zero-order chi connectivity index (χ0) is 18.7. The highest BCUT2D eigenvalue weighted by Crippen LogP contribution is 2.28. The van der Waals surface area contributed by atoms with E-state index < -0.39 is 5.82 Å². The summed E-state index contributed by atoms with van der Waals surface area (Å²) in [5.41, 5.74) is 1.34. The number of nitrogens with one attached hydrogen (secondary N) is 1. The second kappa shape index (κ2) is 8.37. The number of benzene rings is 2. The van der Waals surface area contributed by atoms with E-state index in [1.54, 1.807) is 4.90 Å². The summed E-state index contributed by atoms with van der Waals surface area (Å²) < 4.78 is 14.5. The number of anilines is 1. The molecule has 26 heavy (non-hydrogen) atoms. The number of nitrogens with zero attached hydrogens (tertiary/aromatic N) is 2. The number of piperazine rings is 1. The third-order valence-corrected chi connectivity index (χ3v) is 5.67. The Balaban J connectivity index is 1.60. The molecule has 1 saturated heterocycles. The van der Waals surface area contributed by atoms with Gasteiger partial charge in [0.1, 0.15) is 5.82 Å². The van der Waals surface area contributed by atoms with Crippen molar-refractivity contribution in [1.29, 1.82) is 0 Å². The van der Waals surface area contributed by atoms with E-state index in [9.17, 15) is 9.18 Å². The van der Waals surface area contributed by atoms with Gasteiger partial charge in [-0.2, -0.15) is 0 Å². The number of halogens is 3. The summed E-state index contributed by atoms with van der Waals surface area (Å²) in [6, 6.07) is 12.6. The van der Waals surface area contributed by atoms with Crippen molar-refractivity contribution < 1.29 is 9.18 Å². The summed E-state index contributed by atoms with van der Waals surface area (Å²) in [6.07, 6.45) is 0. The molecule has 2 aromatic carbocycles. The van der Waals surface area contributed by atoms with Crippen molar-refractivity contribution in [3.8, 4) is 0 Å². The molecule has 4 nitrogen and oxygen atoms in total. The fourth-order valence-corrected chi connectivity index (χ4v) is 3.60. The SMILES string of the molecule is C[C@@H]1CN(Cc2ccccc2)CCN1C(=O)Nc1cc(Cl)c(Br)cc1F. The first kappa shape index (κ1) is 19.1. The molecule has 2 amide bonds. The van der Waals surface area contributed by atoms with Crippen LogP contribution in [0, 0.1) is 5.82 Å². The molecule has 0 radical (unpaired) electrons. The molecule has 3 rings (SSSR count). The lowest BCUT2D eigenvalue weighted by Crippen LogP contribution is -2.54.